The van der Waals surface area contributed by atoms with Crippen LogP contribution in [-0.4, -0.2) is 30.3 Å². The third kappa shape index (κ3) is 2.74. The van der Waals surface area contributed by atoms with Crippen LogP contribution in [0, 0.1) is 0 Å². The van der Waals surface area contributed by atoms with E-state index in [0.717, 1.165) is 17.1 Å². The second-order valence-corrected chi connectivity index (χ2v) is 4.25. The molecule has 1 aromatic carbocycles. The summed E-state index contributed by atoms with van der Waals surface area (Å²) in [5.41, 5.74) is 1.07. The summed E-state index contributed by atoms with van der Waals surface area (Å²) in [5, 5.41) is 3.14. The summed E-state index contributed by atoms with van der Waals surface area (Å²) < 4.78 is 16.1. The van der Waals surface area contributed by atoms with Crippen LogP contribution in [0.15, 0.2) is 30.5 Å². The van der Waals surface area contributed by atoms with Crippen LogP contribution in [-0.2, 0) is 6.54 Å². The Morgan fingerprint density at radius 2 is 2.05 bits per heavy atom. The number of hydrogen-bond donors (Lipinski definition) is 1. The standard InChI is InChI=1S/C14H15N3O3/c1-18-13-4-5-15-14(17-13)16-9-10-2-3-11-12(8-10)20-7-6-19-11/h2-5,8H,6-7,9H2,1H3,(H,15,16,17). The first-order valence-corrected chi connectivity index (χ1v) is 6.34. The van der Waals surface area contributed by atoms with Gasteiger partial charge in [0, 0.05) is 18.8 Å². The Balaban J connectivity index is 1.68. The van der Waals surface area contributed by atoms with Crippen LogP contribution in [0.5, 0.6) is 17.4 Å². The van der Waals surface area contributed by atoms with Crippen LogP contribution in [0.3, 0.4) is 0 Å². The van der Waals surface area contributed by atoms with Crippen LogP contribution in [0.1, 0.15) is 5.56 Å². The van der Waals surface area contributed by atoms with Gasteiger partial charge in [0.2, 0.25) is 11.8 Å². The zero-order valence-corrected chi connectivity index (χ0v) is 11.1. The lowest BCUT2D eigenvalue weighted by molar-refractivity contribution is 0.171. The first-order chi connectivity index (χ1) is 9.85. The molecule has 0 unspecified atom stereocenters. The van der Waals surface area contributed by atoms with E-state index in [0.29, 0.717) is 31.6 Å². The van der Waals surface area contributed by atoms with Gasteiger partial charge in [0.05, 0.1) is 7.11 Å². The quantitative estimate of drug-likeness (QED) is 0.917. The number of nitrogens with zero attached hydrogens (tertiary/aromatic N) is 2. The van der Waals surface area contributed by atoms with Crippen LogP contribution in [0.4, 0.5) is 5.95 Å². The molecule has 6 heteroatoms. The molecule has 1 aromatic heterocycles. The van der Waals surface area contributed by atoms with Gasteiger partial charge in [-0.3, -0.25) is 0 Å². The van der Waals surface area contributed by atoms with Gasteiger partial charge in [-0.1, -0.05) is 6.07 Å². The van der Waals surface area contributed by atoms with Gasteiger partial charge in [0.1, 0.15) is 13.2 Å². The van der Waals surface area contributed by atoms with Crippen LogP contribution >= 0.6 is 0 Å². The Hall–Kier alpha value is -2.50. The molecule has 104 valence electrons. The highest BCUT2D eigenvalue weighted by Gasteiger charge is 2.11. The van der Waals surface area contributed by atoms with Crippen LogP contribution < -0.4 is 19.5 Å². The smallest absolute Gasteiger partial charge is 0.226 e. The minimum Gasteiger partial charge on any atom is -0.486 e. The molecule has 0 radical (unpaired) electrons. The third-order valence-electron chi connectivity index (χ3n) is 2.90. The molecule has 0 saturated carbocycles. The van der Waals surface area contributed by atoms with Gasteiger partial charge in [-0.15, -0.1) is 0 Å². The Labute approximate surface area is 116 Å². The molecule has 0 bridgehead atoms. The summed E-state index contributed by atoms with van der Waals surface area (Å²) >= 11 is 0. The predicted molar refractivity (Wildman–Crippen MR) is 73.3 cm³/mol. The van der Waals surface area contributed by atoms with Crippen molar-refractivity contribution in [2.24, 2.45) is 0 Å². The summed E-state index contributed by atoms with van der Waals surface area (Å²) in [5.74, 6) is 2.63. The van der Waals surface area contributed by atoms with Gasteiger partial charge in [0.25, 0.3) is 0 Å². The monoisotopic (exact) mass is 273 g/mol. The van der Waals surface area contributed by atoms with E-state index in [2.05, 4.69) is 15.3 Å². The topological polar surface area (TPSA) is 65.5 Å². The molecule has 0 amide bonds. The maximum atomic E-state index is 5.55. The van der Waals surface area contributed by atoms with E-state index in [1.165, 1.54) is 0 Å². The molecule has 3 rings (SSSR count). The number of hydrogen-bond acceptors (Lipinski definition) is 6. The zero-order valence-electron chi connectivity index (χ0n) is 11.1. The predicted octanol–water partition coefficient (Wildman–Crippen LogP) is 1.87. The molecule has 0 atom stereocenters. The van der Waals surface area contributed by atoms with Gasteiger partial charge in [-0.05, 0) is 17.7 Å². The van der Waals surface area contributed by atoms with Gasteiger partial charge in [-0.25, -0.2) is 4.98 Å². The number of nitrogens with one attached hydrogen (secondary N) is 1. The van der Waals surface area contributed by atoms with E-state index in [-0.39, 0.29) is 0 Å². The zero-order chi connectivity index (χ0) is 13.8. The minimum absolute atomic E-state index is 0.527. The molecule has 0 fully saturated rings. The van der Waals surface area contributed by atoms with Crippen molar-refractivity contribution >= 4 is 5.95 Å². The van der Waals surface area contributed by atoms with E-state index in [1.54, 1.807) is 19.4 Å². The Morgan fingerprint density at radius 3 is 2.90 bits per heavy atom. The van der Waals surface area contributed by atoms with Gasteiger partial charge >= 0.3 is 0 Å². The number of fused-ring (bicyclic) bond motifs is 1. The Morgan fingerprint density at radius 1 is 1.20 bits per heavy atom. The first kappa shape index (κ1) is 12.5. The molecule has 2 heterocycles. The molecular weight excluding hydrogens is 258 g/mol. The van der Waals surface area contributed by atoms with Crippen molar-refractivity contribution < 1.29 is 14.2 Å². The van der Waals surface area contributed by atoms with E-state index in [1.807, 2.05) is 18.2 Å². The van der Waals surface area contributed by atoms with Crippen molar-refractivity contribution in [2.75, 3.05) is 25.6 Å². The maximum Gasteiger partial charge on any atom is 0.226 e. The second kappa shape index (κ2) is 5.64. The molecule has 0 saturated heterocycles. The highest BCUT2D eigenvalue weighted by molar-refractivity contribution is 5.44. The molecule has 20 heavy (non-hydrogen) atoms. The fraction of sp³-hybridized carbons (Fsp3) is 0.286. The molecule has 0 aliphatic carbocycles. The van der Waals surface area contributed by atoms with E-state index >= 15 is 0 Å². The molecule has 1 aliphatic heterocycles. The lowest BCUT2D eigenvalue weighted by Crippen LogP contribution is -2.15. The number of anilines is 1. The number of benzene rings is 1. The van der Waals surface area contributed by atoms with E-state index in [4.69, 9.17) is 14.2 Å². The summed E-state index contributed by atoms with van der Waals surface area (Å²) in [6, 6.07) is 7.57. The molecule has 0 spiro atoms. The Bertz CT molecular complexity index is 604. The van der Waals surface area contributed by atoms with Gasteiger partial charge < -0.3 is 19.5 Å². The highest BCUT2D eigenvalue weighted by atomic mass is 16.6. The highest BCUT2D eigenvalue weighted by Crippen LogP contribution is 2.30. The average Bonchev–Trinajstić information content (AvgIpc) is 2.53. The SMILES string of the molecule is COc1ccnc(NCc2ccc3c(c2)OCCO3)n1. The summed E-state index contributed by atoms with van der Waals surface area (Å²) in [7, 11) is 1.58. The molecule has 1 N–H and O–H groups in total. The minimum atomic E-state index is 0.527. The van der Waals surface area contributed by atoms with Crippen molar-refractivity contribution in [1.82, 2.24) is 9.97 Å². The van der Waals surface area contributed by atoms with Crippen molar-refractivity contribution in [3.05, 3.63) is 36.0 Å². The molecule has 2 aromatic rings. The fourth-order valence-corrected chi connectivity index (χ4v) is 1.92. The number of rotatable bonds is 4. The maximum absolute atomic E-state index is 5.55. The normalized spacial score (nSPS) is 12.8. The largest absolute Gasteiger partial charge is 0.486 e. The lowest BCUT2D eigenvalue weighted by Gasteiger charge is -2.18. The number of ether oxygens (including phenoxy) is 3. The second-order valence-electron chi connectivity index (χ2n) is 4.25. The third-order valence-corrected chi connectivity index (χ3v) is 2.90. The van der Waals surface area contributed by atoms with Crippen molar-refractivity contribution in [3.8, 4) is 17.4 Å². The summed E-state index contributed by atoms with van der Waals surface area (Å²) in [4.78, 5) is 8.33. The molecule has 1 aliphatic rings. The number of methoxy groups -OCH3 is 1. The number of aromatic nitrogens is 2. The average molecular weight is 273 g/mol. The summed E-state index contributed by atoms with van der Waals surface area (Å²) in [6.45, 7) is 1.79. The van der Waals surface area contributed by atoms with Crippen molar-refractivity contribution in [1.29, 1.82) is 0 Å². The summed E-state index contributed by atoms with van der Waals surface area (Å²) in [6.07, 6.45) is 1.65. The van der Waals surface area contributed by atoms with Gasteiger partial charge in [0.15, 0.2) is 11.5 Å². The molecular formula is C14H15N3O3. The van der Waals surface area contributed by atoms with Crippen molar-refractivity contribution in [2.45, 2.75) is 6.54 Å². The van der Waals surface area contributed by atoms with Crippen LogP contribution in [0.25, 0.3) is 0 Å². The first-order valence-electron chi connectivity index (χ1n) is 6.34. The van der Waals surface area contributed by atoms with Crippen LogP contribution in [0.2, 0.25) is 0 Å². The van der Waals surface area contributed by atoms with E-state index < -0.39 is 0 Å². The molecule has 6 nitrogen and oxygen atoms in total. The fourth-order valence-electron chi connectivity index (χ4n) is 1.92. The van der Waals surface area contributed by atoms with Crippen molar-refractivity contribution in [3.63, 3.8) is 0 Å². The van der Waals surface area contributed by atoms with E-state index in [9.17, 15) is 0 Å². The van der Waals surface area contributed by atoms with Gasteiger partial charge in [-0.2, -0.15) is 4.98 Å². The Kier molecular flexibility index (Phi) is 3.54. The lowest BCUT2D eigenvalue weighted by atomic mass is 10.2.